The maximum atomic E-state index is 13.3. The van der Waals surface area contributed by atoms with Crippen LogP contribution in [0, 0.1) is 6.92 Å². The second-order valence-corrected chi connectivity index (χ2v) is 9.18. The van der Waals surface area contributed by atoms with Crippen LogP contribution in [0.3, 0.4) is 0 Å². The minimum atomic E-state index is -3.63. The Labute approximate surface area is 164 Å². The molecule has 0 spiro atoms. The van der Waals surface area contributed by atoms with Crippen molar-refractivity contribution >= 4 is 21.8 Å². The number of rotatable bonds is 6. The van der Waals surface area contributed by atoms with E-state index in [-0.39, 0.29) is 0 Å². The Kier molecular flexibility index (Phi) is 5.88. The molecule has 1 aliphatic heterocycles. The van der Waals surface area contributed by atoms with Crippen molar-refractivity contribution in [3.8, 4) is 17.2 Å². The molecular weight excluding hydrogens is 386 g/mol. The maximum absolute atomic E-state index is 13.3. The van der Waals surface area contributed by atoms with Crippen molar-refractivity contribution in [2.75, 3.05) is 33.6 Å². The predicted molar refractivity (Wildman–Crippen MR) is 106 cm³/mol. The zero-order valence-electron chi connectivity index (χ0n) is 15.8. The molecule has 0 unspecified atom stereocenters. The van der Waals surface area contributed by atoms with Gasteiger partial charge in [-0.15, -0.1) is 11.8 Å². The predicted octanol–water partition coefficient (Wildman–Crippen LogP) is 3.46. The summed E-state index contributed by atoms with van der Waals surface area (Å²) in [5.74, 6) is 2.34. The molecule has 1 atom stereocenters. The van der Waals surface area contributed by atoms with Crippen LogP contribution in [0.4, 0.5) is 0 Å². The van der Waals surface area contributed by atoms with Crippen LogP contribution in [0.25, 0.3) is 0 Å². The van der Waals surface area contributed by atoms with Crippen LogP contribution >= 0.6 is 11.8 Å². The smallest absolute Gasteiger partial charge is 0.244 e. The molecule has 0 aliphatic carbocycles. The molecule has 1 saturated heterocycles. The van der Waals surface area contributed by atoms with Crippen molar-refractivity contribution in [3.05, 3.63) is 47.5 Å². The fourth-order valence-corrected chi connectivity index (χ4v) is 6.46. The highest BCUT2D eigenvalue weighted by Crippen LogP contribution is 2.47. The van der Waals surface area contributed by atoms with Gasteiger partial charge < -0.3 is 14.2 Å². The number of methoxy groups -OCH3 is 3. The van der Waals surface area contributed by atoms with Gasteiger partial charge in [-0.05, 0) is 30.7 Å². The molecule has 2 aromatic carbocycles. The first kappa shape index (κ1) is 19.9. The maximum Gasteiger partial charge on any atom is 0.244 e. The van der Waals surface area contributed by atoms with E-state index in [1.54, 1.807) is 63.4 Å². The molecule has 2 aromatic rings. The van der Waals surface area contributed by atoms with Crippen LogP contribution in [0.5, 0.6) is 17.2 Å². The van der Waals surface area contributed by atoms with Gasteiger partial charge in [0.15, 0.2) is 11.5 Å². The van der Waals surface area contributed by atoms with Gasteiger partial charge >= 0.3 is 0 Å². The zero-order valence-corrected chi connectivity index (χ0v) is 17.4. The summed E-state index contributed by atoms with van der Waals surface area (Å²) < 4.78 is 44.3. The summed E-state index contributed by atoms with van der Waals surface area (Å²) in [6.07, 6.45) is 0. The Morgan fingerprint density at radius 3 is 2.30 bits per heavy atom. The van der Waals surface area contributed by atoms with Crippen LogP contribution in [0.2, 0.25) is 0 Å². The van der Waals surface area contributed by atoms with Crippen molar-refractivity contribution in [1.29, 1.82) is 0 Å². The lowest BCUT2D eigenvalue weighted by Crippen LogP contribution is -2.30. The van der Waals surface area contributed by atoms with Gasteiger partial charge in [-0.2, -0.15) is 4.31 Å². The van der Waals surface area contributed by atoms with E-state index in [0.717, 1.165) is 11.1 Å². The van der Waals surface area contributed by atoms with Gasteiger partial charge in [0.1, 0.15) is 5.75 Å². The number of benzene rings is 2. The van der Waals surface area contributed by atoms with Crippen molar-refractivity contribution < 1.29 is 22.6 Å². The highest BCUT2D eigenvalue weighted by molar-refractivity contribution is 8.01. The summed E-state index contributed by atoms with van der Waals surface area (Å²) in [6, 6.07) is 10.5. The largest absolute Gasteiger partial charge is 0.496 e. The number of ether oxygens (including phenoxy) is 3. The first-order valence-corrected chi connectivity index (χ1v) is 10.9. The molecule has 0 radical (unpaired) electrons. The van der Waals surface area contributed by atoms with E-state index in [9.17, 15) is 8.42 Å². The highest BCUT2D eigenvalue weighted by Gasteiger charge is 2.38. The van der Waals surface area contributed by atoms with Gasteiger partial charge in [-0.1, -0.05) is 12.1 Å². The number of sulfonamides is 1. The number of thioether (sulfide) groups is 1. The number of nitrogens with zero attached hydrogens (tertiary/aromatic N) is 1. The van der Waals surface area contributed by atoms with E-state index < -0.39 is 15.4 Å². The van der Waals surface area contributed by atoms with E-state index in [1.165, 1.54) is 4.31 Å². The van der Waals surface area contributed by atoms with E-state index in [2.05, 4.69) is 0 Å². The normalized spacial score (nSPS) is 17.7. The van der Waals surface area contributed by atoms with Crippen LogP contribution in [0.1, 0.15) is 16.5 Å². The molecule has 0 aromatic heterocycles. The third-order valence-corrected chi connectivity index (χ3v) is 7.68. The number of hydrogen-bond acceptors (Lipinski definition) is 6. The van der Waals surface area contributed by atoms with Gasteiger partial charge in [0.05, 0.1) is 31.6 Å². The van der Waals surface area contributed by atoms with Crippen LogP contribution in [-0.4, -0.2) is 46.4 Å². The Bertz CT molecular complexity index is 930. The zero-order chi connectivity index (χ0) is 19.6. The van der Waals surface area contributed by atoms with Crippen LogP contribution in [0.15, 0.2) is 41.3 Å². The molecule has 27 heavy (non-hydrogen) atoms. The summed E-state index contributed by atoms with van der Waals surface area (Å²) in [6.45, 7) is 2.32. The first-order chi connectivity index (χ1) is 12.9. The minimum Gasteiger partial charge on any atom is -0.496 e. The quantitative estimate of drug-likeness (QED) is 0.728. The summed E-state index contributed by atoms with van der Waals surface area (Å²) in [5.41, 5.74) is 1.65. The fraction of sp³-hybridized carbons (Fsp3) is 0.368. The molecule has 8 heteroatoms. The third-order valence-electron chi connectivity index (χ3n) is 4.45. The monoisotopic (exact) mass is 409 g/mol. The number of hydrogen-bond donors (Lipinski definition) is 0. The SMILES string of the molecule is COc1cc(OC)c([C@H]2SCCN2S(=O)(=O)c2cccc(C)c2)cc1OC. The molecule has 0 N–H and O–H groups in total. The second-order valence-electron chi connectivity index (χ2n) is 6.10. The van der Waals surface area contributed by atoms with Crippen molar-refractivity contribution in [3.63, 3.8) is 0 Å². The van der Waals surface area contributed by atoms with E-state index in [0.29, 0.717) is 34.4 Å². The average molecular weight is 410 g/mol. The van der Waals surface area contributed by atoms with Gasteiger partial charge in [0.25, 0.3) is 0 Å². The molecular formula is C19H23NO5S2. The molecule has 6 nitrogen and oxygen atoms in total. The third kappa shape index (κ3) is 3.74. The summed E-state index contributed by atoms with van der Waals surface area (Å²) in [4.78, 5) is 0.300. The lowest BCUT2D eigenvalue weighted by atomic mass is 10.1. The molecule has 146 valence electrons. The van der Waals surface area contributed by atoms with Gasteiger partial charge in [-0.25, -0.2) is 8.42 Å². The highest BCUT2D eigenvalue weighted by atomic mass is 32.2. The van der Waals surface area contributed by atoms with Crippen molar-refractivity contribution in [2.45, 2.75) is 17.2 Å². The first-order valence-electron chi connectivity index (χ1n) is 8.42. The Hall–Kier alpha value is -1.90. The molecule has 0 bridgehead atoms. The molecule has 1 heterocycles. The summed E-state index contributed by atoms with van der Waals surface area (Å²) in [7, 11) is 1.03. The lowest BCUT2D eigenvalue weighted by molar-refractivity contribution is 0.344. The number of aryl methyl sites for hydroxylation is 1. The molecule has 3 rings (SSSR count). The van der Waals surface area contributed by atoms with Gasteiger partial charge in [0, 0.05) is 23.9 Å². The Morgan fingerprint density at radius 2 is 1.67 bits per heavy atom. The lowest BCUT2D eigenvalue weighted by Gasteiger charge is -2.25. The summed E-state index contributed by atoms with van der Waals surface area (Å²) >= 11 is 1.56. The molecule has 1 fully saturated rings. The second kappa shape index (κ2) is 8.00. The Balaban J connectivity index is 2.07. The van der Waals surface area contributed by atoms with E-state index in [1.807, 2.05) is 13.0 Å². The average Bonchev–Trinajstić information content (AvgIpc) is 3.17. The Morgan fingerprint density at radius 1 is 1.00 bits per heavy atom. The van der Waals surface area contributed by atoms with Crippen LogP contribution in [-0.2, 0) is 10.0 Å². The standard InChI is InChI=1S/C19H23NO5S2/c1-13-6-5-7-14(10-13)27(21,22)20-8-9-26-19(20)15-11-17(24-3)18(25-4)12-16(15)23-2/h5-7,10-12,19H,8-9H2,1-4H3/t19-/m1/s1. The van der Waals surface area contributed by atoms with Crippen LogP contribution < -0.4 is 14.2 Å². The molecule has 0 saturated carbocycles. The summed E-state index contributed by atoms with van der Waals surface area (Å²) in [5, 5.41) is -0.398. The molecule has 0 amide bonds. The minimum absolute atomic E-state index is 0.300. The van der Waals surface area contributed by atoms with Crippen molar-refractivity contribution in [1.82, 2.24) is 4.31 Å². The van der Waals surface area contributed by atoms with E-state index >= 15 is 0 Å². The van der Waals surface area contributed by atoms with Gasteiger partial charge in [-0.3, -0.25) is 0 Å². The molecule has 1 aliphatic rings. The van der Waals surface area contributed by atoms with Crippen molar-refractivity contribution in [2.24, 2.45) is 0 Å². The van der Waals surface area contributed by atoms with Gasteiger partial charge in [0.2, 0.25) is 10.0 Å². The fourth-order valence-electron chi connectivity index (χ4n) is 3.10. The topological polar surface area (TPSA) is 65.1 Å². The van der Waals surface area contributed by atoms with E-state index in [4.69, 9.17) is 14.2 Å².